The number of aromatic nitrogens is 3. The summed E-state index contributed by atoms with van der Waals surface area (Å²) in [6.07, 6.45) is 3.45. The van der Waals surface area contributed by atoms with E-state index in [9.17, 15) is 4.79 Å². The molecule has 0 unspecified atom stereocenters. The van der Waals surface area contributed by atoms with Crippen LogP contribution in [0.15, 0.2) is 52.9 Å². The van der Waals surface area contributed by atoms with Crippen molar-refractivity contribution in [3.63, 3.8) is 0 Å². The van der Waals surface area contributed by atoms with Gasteiger partial charge in [-0.1, -0.05) is 0 Å². The van der Waals surface area contributed by atoms with E-state index in [4.69, 9.17) is 9.47 Å². The maximum absolute atomic E-state index is 12.5. The van der Waals surface area contributed by atoms with Crippen molar-refractivity contribution in [3.8, 4) is 33.3 Å². The van der Waals surface area contributed by atoms with Crippen LogP contribution >= 0.6 is 11.3 Å². The average Bonchev–Trinajstić information content (AvgIpc) is 3.29. The molecule has 4 aromatic rings. The van der Waals surface area contributed by atoms with E-state index in [1.54, 1.807) is 18.5 Å². The molecule has 5 rings (SSSR count). The minimum Gasteiger partial charge on any atom is -0.454 e. The van der Waals surface area contributed by atoms with Crippen LogP contribution in [0.4, 0.5) is 0 Å². The predicted octanol–water partition coefficient (Wildman–Crippen LogP) is 3.44. The van der Waals surface area contributed by atoms with E-state index >= 15 is 0 Å². The van der Waals surface area contributed by atoms with Crippen molar-refractivity contribution in [1.82, 2.24) is 15.0 Å². The van der Waals surface area contributed by atoms with E-state index in [-0.39, 0.29) is 12.4 Å². The predicted molar refractivity (Wildman–Crippen MR) is 95.0 cm³/mol. The van der Waals surface area contributed by atoms with E-state index < -0.39 is 0 Å². The van der Waals surface area contributed by atoms with E-state index in [1.807, 2.05) is 29.6 Å². The minimum absolute atomic E-state index is 0.182. The number of aromatic amines is 1. The maximum atomic E-state index is 12.5. The Morgan fingerprint density at radius 3 is 2.72 bits per heavy atom. The smallest absolute Gasteiger partial charge is 0.257 e. The zero-order valence-electron chi connectivity index (χ0n) is 12.9. The van der Waals surface area contributed by atoms with Crippen LogP contribution in [0.25, 0.3) is 32.7 Å². The molecule has 0 aliphatic carbocycles. The Bertz CT molecular complexity index is 1150. The van der Waals surface area contributed by atoms with Crippen LogP contribution in [0.2, 0.25) is 0 Å². The Morgan fingerprint density at radius 2 is 1.88 bits per heavy atom. The molecule has 0 radical (unpaired) electrons. The Labute approximate surface area is 145 Å². The molecule has 122 valence electrons. The number of benzene rings is 1. The maximum Gasteiger partial charge on any atom is 0.257 e. The number of thiazole rings is 1. The summed E-state index contributed by atoms with van der Waals surface area (Å²) in [5, 5.41) is 3.61. The van der Waals surface area contributed by atoms with Crippen LogP contribution in [-0.4, -0.2) is 21.7 Å². The van der Waals surface area contributed by atoms with Gasteiger partial charge in [-0.15, -0.1) is 11.3 Å². The topological polar surface area (TPSA) is 77.1 Å². The van der Waals surface area contributed by atoms with Crippen molar-refractivity contribution in [3.05, 3.63) is 58.5 Å². The molecule has 7 heteroatoms. The molecule has 3 aromatic heterocycles. The number of ether oxygens (including phenoxy) is 2. The van der Waals surface area contributed by atoms with Crippen LogP contribution in [0.3, 0.4) is 0 Å². The van der Waals surface area contributed by atoms with Gasteiger partial charge in [-0.25, -0.2) is 4.98 Å². The summed E-state index contributed by atoms with van der Waals surface area (Å²) < 4.78 is 10.8. The number of hydrogen-bond donors (Lipinski definition) is 1. The molecule has 25 heavy (non-hydrogen) atoms. The van der Waals surface area contributed by atoms with Gasteiger partial charge in [-0.2, -0.15) is 0 Å². The molecule has 0 amide bonds. The van der Waals surface area contributed by atoms with Crippen LogP contribution in [0.1, 0.15) is 0 Å². The number of nitrogens with zero attached hydrogens (tertiary/aromatic N) is 2. The van der Waals surface area contributed by atoms with Crippen LogP contribution in [-0.2, 0) is 0 Å². The van der Waals surface area contributed by atoms with E-state index in [0.29, 0.717) is 28.3 Å². The lowest BCUT2D eigenvalue weighted by Gasteiger charge is -2.03. The molecule has 0 bridgehead atoms. The zero-order valence-corrected chi connectivity index (χ0v) is 13.7. The second kappa shape index (κ2) is 5.42. The van der Waals surface area contributed by atoms with Gasteiger partial charge < -0.3 is 14.5 Å². The molecule has 6 nitrogen and oxygen atoms in total. The summed E-state index contributed by atoms with van der Waals surface area (Å²) in [7, 11) is 0. The second-order valence-corrected chi connectivity index (χ2v) is 6.44. The Kier molecular flexibility index (Phi) is 3.07. The quantitative estimate of drug-likeness (QED) is 0.600. The van der Waals surface area contributed by atoms with Crippen LogP contribution < -0.4 is 15.0 Å². The standard InChI is InChI=1S/C18H11N3O3S/c22-17-12(14-8-25-18(21-14)10-1-3-19-4-2-10)5-11-6-15-16(24-9-23-15)7-13(11)20-17/h1-8H,9H2,(H,20,22). The number of H-pyrrole nitrogens is 1. The highest BCUT2D eigenvalue weighted by atomic mass is 32.1. The average molecular weight is 349 g/mol. The largest absolute Gasteiger partial charge is 0.454 e. The first-order valence-corrected chi connectivity index (χ1v) is 8.49. The van der Waals surface area contributed by atoms with Gasteiger partial charge in [0.1, 0.15) is 5.01 Å². The minimum atomic E-state index is -0.182. The van der Waals surface area contributed by atoms with Gasteiger partial charge in [-0.05, 0) is 24.3 Å². The van der Waals surface area contributed by atoms with E-state index in [1.165, 1.54) is 11.3 Å². The summed E-state index contributed by atoms with van der Waals surface area (Å²) in [4.78, 5) is 24.0. The molecule has 1 aliphatic rings. The second-order valence-electron chi connectivity index (χ2n) is 5.58. The van der Waals surface area contributed by atoms with Gasteiger partial charge in [0.15, 0.2) is 11.5 Å². The lowest BCUT2D eigenvalue weighted by atomic mass is 10.1. The molecule has 0 saturated carbocycles. The number of fused-ring (bicyclic) bond motifs is 2. The van der Waals surface area contributed by atoms with Crippen molar-refractivity contribution >= 4 is 22.2 Å². The molecule has 0 saturated heterocycles. The highest BCUT2D eigenvalue weighted by Crippen LogP contribution is 2.36. The summed E-state index contributed by atoms with van der Waals surface area (Å²) in [6.45, 7) is 0.199. The zero-order chi connectivity index (χ0) is 16.8. The van der Waals surface area contributed by atoms with Gasteiger partial charge in [0.25, 0.3) is 5.56 Å². The van der Waals surface area contributed by atoms with Crippen molar-refractivity contribution in [2.45, 2.75) is 0 Å². The fraction of sp³-hybridized carbons (Fsp3) is 0.0556. The van der Waals surface area contributed by atoms with Gasteiger partial charge >= 0.3 is 0 Å². The third-order valence-electron chi connectivity index (χ3n) is 4.04. The molecule has 4 heterocycles. The number of hydrogen-bond acceptors (Lipinski definition) is 6. The Morgan fingerprint density at radius 1 is 1.08 bits per heavy atom. The highest BCUT2D eigenvalue weighted by molar-refractivity contribution is 7.13. The van der Waals surface area contributed by atoms with Crippen molar-refractivity contribution < 1.29 is 9.47 Å². The monoisotopic (exact) mass is 349 g/mol. The van der Waals surface area contributed by atoms with E-state index in [2.05, 4.69) is 15.0 Å². The first kappa shape index (κ1) is 14.2. The third kappa shape index (κ3) is 2.36. The lowest BCUT2D eigenvalue weighted by Crippen LogP contribution is -2.08. The molecule has 0 atom stereocenters. The van der Waals surface area contributed by atoms with Crippen LogP contribution in [0.5, 0.6) is 11.5 Å². The first-order chi connectivity index (χ1) is 12.3. The third-order valence-corrected chi connectivity index (χ3v) is 4.94. The van der Waals surface area contributed by atoms with Gasteiger partial charge in [0.2, 0.25) is 6.79 Å². The molecule has 1 aliphatic heterocycles. The lowest BCUT2D eigenvalue weighted by molar-refractivity contribution is 0.174. The molecular formula is C18H11N3O3S. The Balaban J connectivity index is 1.63. The highest BCUT2D eigenvalue weighted by Gasteiger charge is 2.16. The number of nitrogens with one attached hydrogen (secondary N) is 1. The number of pyridine rings is 2. The van der Waals surface area contributed by atoms with Gasteiger partial charge in [-0.3, -0.25) is 9.78 Å². The van der Waals surface area contributed by atoms with Gasteiger partial charge in [0, 0.05) is 34.8 Å². The molecule has 0 fully saturated rings. The summed E-state index contributed by atoms with van der Waals surface area (Å²) in [6, 6.07) is 9.28. The summed E-state index contributed by atoms with van der Waals surface area (Å²) >= 11 is 1.50. The van der Waals surface area contributed by atoms with Crippen molar-refractivity contribution in [2.24, 2.45) is 0 Å². The van der Waals surface area contributed by atoms with Crippen molar-refractivity contribution in [1.29, 1.82) is 0 Å². The molecule has 1 aromatic carbocycles. The van der Waals surface area contributed by atoms with Crippen molar-refractivity contribution in [2.75, 3.05) is 6.79 Å². The van der Waals surface area contributed by atoms with Gasteiger partial charge in [0.05, 0.1) is 16.8 Å². The SMILES string of the molecule is O=c1[nH]c2cc3c(cc2cc1-c1csc(-c2ccncc2)n1)OCO3. The fourth-order valence-corrected chi connectivity index (χ4v) is 3.64. The Hall–Kier alpha value is -3.19. The first-order valence-electron chi connectivity index (χ1n) is 7.61. The normalized spacial score (nSPS) is 12.6. The number of rotatable bonds is 2. The molecule has 1 N–H and O–H groups in total. The summed E-state index contributed by atoms with van der Waals surface area (Å²) in [5.74, 6) is 1.32. The molecular weight excluding hydrogens is 338 g/mol. The van der Waals surface area contributed by atoms with E-state index in [0.717, 1.165) is 16.0 Å². The van der Waals surface area contributed by atoms with Crippen LogP contribution in [0, 0.1) is 0 Å². The summed E-state index contributed by atoms with van der Waals surface area (Å²) in [5.41, 5.74) is 2.69. The molecule has 0 spiro atoms. The fourth-order valence-electron chi connectivity index (χ4n) is 2.81.